The summed E-state index contributed by atoms with van der Waals surface area (Å²) in [6.07, 6.45) is 0. The van der Waals surface area contributed by atoms with Crippen molar-refractivity contribution in [1.82, 2.24) is 10.2 Å². The van der Waals surface area contributed by atoms with E-state index >= 15 is 0 Å². The Morgan fingerprint density at radius 3 is 2.40 bits per heavy atom. The van der Waals surface area contributed by atoms with E-state index in [1.165, 1.54) is 0 Å². The predicted molar refractivity (Wildman–Crippen MR) is 112 cm³/mol. The van der Waals surface area contributed by atoms with Gasteiger partial charge in [-0.15, -0.1) is 5.10 Å². The quantitative estimate of drug-likeness (QED) is 0.685. The summed E-state index contributed by atoms with van der Waals surface area (Å²) in [6.45, 7) is 4.09. The number of aryl methyl sites for hydroxylation is 2. The maximum absolute atomic E-state index is 9.90. The van der Waals surface area contributed by atoms with Gasteiger partial charge in [-0.05, 0) is 37.1 Å². The topological polar surface area (TPSA) is 106 Å². The van der Waals surface area contributed by atoms with Gasteiger partial charge in [-0.2, -0.15) is 5.26 Å². The number of nitrogens with one attached hydrogen (secondary N) is 1. The van der Waals surface area contributed by atoms with E-state index in [0.29, 0.717) is 23.0 Å². The van der Waals surface area contributed by atoms with E-state index in [0.717, 1.165) is 33.5 Å². The Labute approximate surface area is 174 Å². The third-order valence-corrected chi connectivity index (χ3v) is 5.30. The molecule has 0 radical (unpaired) electrons. The van der Waals surface area contributed by atoms with Gasteiger partial charge in [-0.3, -0.25) is 5.10 Å². The third kappa shape index (κ3) is 3.12. The van der Waals surface area contributed by atoms with Gasteiger partial charge in [-0.1, -0.05) is 23.8 Å². The molecule has 152 valence electrons. The predicted octanol–water partition coefficient (Wildman–Crippen LogP) is 3.93. The number of nitrogens with two attached hydrogens (primary N) is 1. The number of hydrogen-bond acceptors (Lipinski definition) is 6. The monoisotopic (exact) mass is 402 g/mol. The Balaban J connectivity index is 1.98. The minimum atomic E-state index is -0.489. The molecule has 0 fully saturated rings. The van der Waals surface area contributed by atoms with Crippen molar-refractivity contribution >= 4 is 0 Å². The molecule has 0 bridgehead atoms. The summed E-state index contributed by atoms with van der Waals surface area (Å²) in [6, 6.07) is 13.9. The highest BCUT2D eigenvalue weighted by Gasteiger charge is 2.36. The van der Waals surface area contributed by atoms with Crippen LogP contribution in [0.5, 0.6) is 17.4 Å². The zero-order chi connectivity index (χ0) is 21.4. The van der Waals surface area contributed by atoms with Crippen molar-refractivity contribution in [3.05, 3.63) is 70.1 Å². The first-order valence-corrected chi connectivity index (χ1v) is 9.43. The molecular formula is C23H22N4O3. The zero-order valence-electron chi connectivity index (χ0n) is 17.2. The fraction of sp³-hybridized carbons (Fsp3) is 0.217. The standard InChI is InChI=1S/C23H22N4O3/c1-12-5-6-17(13(2)7-12)21-20-19(14-8-15(28-3)10-16(9-14)29-4)18(11-24)22(25)30-23(20)27-26-21/h5-10,19H,25H2,1-4H3,(H,26,27)/t19-/m1/s1. The van der Waals surface area contributed by atoms with E-state index in [1.807, 2.05) is 38.1 Å². The van der Waals surface area contributed by atoms with Crippen LogP contribution in [-0.2, 0) is 0 Å². The lowest BCUT2D eigenvalue weighted by Crippen LogP contribution is -2.21. The molecule has 0 unspecified atom stereocenters. The van der Waals surface area contributed by atoms with Gasteiger partial charge in [0.1, 0.15) is 23.1 Å². The Kier molecular flexibility index (Phi) is 4.84. The summed E-state index contributed by atoms with van der Waals surface area (Å²) in [7, 11) is 3.17. The Hall–Kier alpha value is -3.92. The molecule has 0 saturated carbocycles. The van der Waals surface area contributed by atoms with Crippen molar-refractivity contribution in [3.8, 4) is 34.7 Å². The number of aromatic nitrogens is 2. The molecular weight excluding hydrogens is 380 g/mol. The van der Waals surface area contributed by atoms with Crippen LogP contribution in [0.15, 0.2) is 47.9 Å². The zero-order valence-corrected chi connectivity index (χ0v) is 17.2. The molecule has 1 aliphatic heterocycles. The molecule has 0 spiro atoms. The van der Waals surface area contributed by atoms with Crippen molar-refractivity contribution in [2.45, 2.75) is 19.8 Å². The highest BCUT2D eigenvalue weighted by Crippen LogP contribution is 2.47. The van der Waals surface area contributed by atoms with E-state index in [1.54, 1.807) is 20.3 Å². The van der Waals surface area contributed by atoms with Crippen LogP contribution in [0.4, 0.5) is 0 Å². The van der Waals surface area contributed by atoms with Gasteiger partial charge in [0, 0.05) is 11.6 Å². The number of H-pyrrole nitrogens is 1. The molecule has 4 rings (SSSR count). The van der Waals surface area contributed by atoms with E-state index in [9.17, 15) is 5.26 Å². The number of benzene rings is 2. The molecule has 7 heteroatoms. The van der Waals surface area contributed by atoms with E-state index in [2.05, 4.69) is 22.3 Å². The van der Waals surface area contributed by atoms with Gasteiger partial charge in [0.2, 0.25) is 11.8 Å². The smallest absolute Gasteiger partial charge is 0.244 e. The molecule has 1 aromatic heterocycles. The average Bonchev–Trinajstić information content (AvgIpc) is 3.15. The highest BCUT2D eigenvalue weighted by molar-refractivity contribution is 5.73. The normalized spacial score (nSPS) is 15.2. The average molecular weight is 402 g/mol. The summed E-state index contributed by atoms with van der Waals surface area (Å²) in [5, 5.41) is 17.3. The molecule has 1 atom stereocenters. The number of hydrogen-bond donors (Lipinski definition) is 2. The number of methoxy groups -OCH3 is 2. The lowest BCUT2D eigenvalue weighted by atomic mass is 9.82. The number of nitriles is 1. The van der Waals surface area contributed by atoms with Crippen LogP contribution in [0, 0.1) is 25.2 Å². The van der Waals surface area contributed by atoms with Crippen LogP contribution in [0.1, 0.15) is 28.2 Å². The minimum Gasteiger partial charge on any atom is -0.497 e. The van der Waals surface area contributed by atoms with Crippen molar-refractivity contribution < 1.29 is 14.2 Å². The fourth-order valence-corrected chi connectivity index (χ4v) is 3.87. The van der Waals surface area contributed by atoms with Gasteiger partial charge in [0.15, 0.2) is 0 Å². The Morgan fingerprint density at radius 1 is 1.10 bits per heavy atom. The van der Waals surface area contributed by atoms with Crippen molar-refractivity contribution in [1.29, 1.82) is 5.26 Å². The molecule has 30 heavy (non-hydrogen) atoms. The van der Waals surface area contributed by atoms with Crippen LogP contribution in [0.2, 0.25) is 0 Å². The number of fused-ring (bicyclic) bond motifs is 1. The number of ether oxygens (including phenoxy) is 3. The SMILES string of the molecule is COc1cc(OC)cc([C@@H]2C(C#N)=C(N)Oc3n[nH]c(-c4ccc(C)cc4C)c32)c1. The molecule has 0 saturated heterocycles. The molecule has 3 N–H and O–H groups in total. The first-order valence-electron chi connectivity index (χ1n) is 9.43. The molecule has 2 aromatic carbocycles. The largest absolute Gasteiger partial charge is 0.497 e. The summed E-state index contributed by atoms with van der Waals surface area (Å²) in [5.74, 6) is 1.13. The Morgan fingerprint density at radius 2 is 1.80 bits per heavy atom. The molecule has 2 heterocycles. The number of allylic oxidation sites excluding steroid dienone is 1. The van der Waals surface area contributed by atoms with Crippen LogP contribution in [0.3, 0.4) is 0 Å². The first kappa shape index (κ1) is 19.4. The number of rotatable bonds is 4. The lowest BCUT2D eigenvalue weighted by Gasteiger charge is -2.25. The number of aromatic amines is 1. The van der Waals surface area contributed by atoms with Crippen LogP contribution < -0.4 is 19.9 Å². The molecule has 7 nitrogen and oxygen atoms in total. The second kappa shape index (κ2) is 7.48. The molecule has 0 aliphatic carbocycles. The van der Waals surface area contributed by atoms with Gasteiger partial charge >= 0.3 is 0 Å². The number of nitrogens with zero attached hydrogens (tertiary/aromatic N) is 2. The van der Waals surface area contributed by atoms with E-state index in [-0.39, 0.29) is 5.88 Å². The summed E-state index contributed by atoms with van der Waals surface area (Å²) in [4.78, 5) is 0. The maximum Gasteiger partial charge on any atom is 0.244 e. The first-order chi connectivity index (χ1) is 14.5. The summed E-state index contributed by atoms with van der Waals surface area (Å²) >= 11 is 0. The molecule has 0 amide bonds. The second-order valence-corrected chi connectivity index (χ2v) is 7.21. The van der Waals surface area contributed by atoms with Crippen LogP contribution in [0.25, 0.3) is 11.3 Å². The van der Waals surface area contributed by atoms with Gasteiger partial charge in [0.05, 0.1) is 31.4 Å². The van der Waals surface area contributed by atoms with E-state index in [4.69, 9.17) is 19.9 Å². The second-order valence-electron chi connectivity index (χ2n) is 7.21. The highest BCUT2D eigenvalue weighted by atomic mass is 16.5. The fourth-order valence-electron chi connectivity index (χ4n) is 3.87. The summed E-state index contributed by atoms with van der Waals surface area (Å²) in [5.41, 5.74) is 12.0. The van der Waals surface area contributed by atoms with Crippen molar-refractivity contribution in [2.24, 2.45) is 5.73 Å². The van der Waals surface area contributed by atoms with Crippen LogP contribution in [-0.4, -0.2) is 24.4 Å². The Bertz CT molecular complexity index is 1180. The van der Waals surface area contributed by atoms with Crippen molar-refractivity contribution in [3.63, 3.8) is 0 Å². The van der Waals surface area contributed by atoms with E-state index < -0.39 is 5.92 Å². The van der Waals surface area contributed by atoms with Crippen molar-refractivity contribution in [2.75, 3.05) is 14.2 Å². The van der Waals surface area contributed by atoms with Crippen LogP contribution >= 0.6 is 0 Å². The van der Waals surface area contributed by atoms with Gasteiger partial charge in [0.25, 0.3) is 0 Å². The van der Waals surface area contributed by atoms with Gasteiger partial charge in [-0.25, -0.2) is 0 Å². The third-order valence-electron chi connectivity index (χ3n) is 5.30. The molecule has 1 aliphatic rings. The van der Waals surface area contributed by atoms with Gasteiger partial charge < -0.3 is 19.9 Å². The summed E-state index contributed by atoms with van der Waals surface area (Å²) < 4.78 is 16.6. The minimum absolute atomic E-state index is 0.0375. The molecule has 3 aromatic rings. The maximum atomic E-state index is 9.90. The lowest BCUT2D eigenvalue weighted by molar-refractivity contribution is 0.377.